The maximum absolute atomic E-state index is 12.0. The molecule has 94 valence electrons. The second-order valence-corrected chi connectivity index (χ2v) is 4.76. The molecule has 0 spiro atoms. The third kappa shape index (κ3) is 2.95. The molecule has 0 radical (unpaired) electrons. The van der Waals surface area contributed by atoms with Gasteiger partial charge in [-0.2, -0.15) is 5.10 Å². The number of hydrogen-bond acceptors (Lipinski definition) is 3. The van der Waals surface area contributed by atoms with Crippen LogP contribution in [0.15, 0.2) is 28.9 Å². The van der Waals surface area contributed by atoms with E-state index in [-0.39, 0.29) is 5.91 Å². The normalized spacial score (nSPS) is 10.4. The number of rotatable bonds is 3. The number of aromatic nitrogens is 3. The lowest BCUT2D eigenvalue weighted by Crippen LogP contribution is -2.15. The molecule has 0 aliphatic rings. The molecule has 6 heteroatoms. The number of hydrogen-bond donors (Lipinski definition) is 1. The molecule has 5 nitrogen and oxygen atoms in total. The Hall–Kier alpha value is -1.69. The summed E-state index contributed by atoms with van der Waals surface area (Å²) in [5.41, 5.74) is 1.25. The van der Waals surface area contributed by atoms with Crippen molar-refractivity contribution < 1.29 is 4.79 Å². The van der Waals surface area contributed by atoms with Crippen molar-refractivity contribution in [2.45, 2.75) is 13.3 Å². The van der Waals surface area contributed by atoms with Gasteiger partial charge in [0.1, 0.15) is 5.69 Å². The van der Waals surface area contributed by atoms with Gasteiger partial charge in [0.05, 0.1) is 0 Å². The minimum Gasteiger partial charge on any atom is -0.304 e. The van der Waals surface area contributed by atoms with Crippen molar-refractivity contribution in [3.8, 4) is 0 Å². The van der Waals surface area contributed by atoms with Gasteiger partial charge in [0.15, 0.2) is 5.82 Å². The van der Waals surface area contributed by atoms with Crippen LogP contribution in [-0.2, 0) is 13.5 Å². The molecule has 0 saturated heterocycles. The summed E-state index contributed by atoms with van der Waals surface area (Å²) >= 11 is 3.37. The lowest BCUT2D eigenvalue weighted by atomic mass is 10.2. The lowest BCUT2D eigenvalue weighted by Gasteiger charge is -2.04. The fourth-order valence-corrected chi connectivity index (χ4v) is 1.99. The maximum atomic E-state index is 12.0. The summed E-state index contributed by atoms with van der Waals surface area (Å²) in [6.07, 6.45) is 2.55. The average molecular weight is 309 g/mol. The molecule has 2 rings (SSSR count). The fourth-order valence-electron chi connectivity index (χ4n) is 1.51. The molecule has 0 fully saturated rings. The highest BCUT2D eigenvalue weighted by molar-refractivity contribution is 9.10. The standard InChI is InChI=1S/C12H13BrN4O/c1-3-9-6-8(13)7-10(14-9)12(18)15-11-4-5-17(2)16-11/h4-7H,3H2,1-2H3,(H,15,16,18). The molecular formula is C12H13BrN4O. The second-order valence-electron chi connectivity index (χ2n) is 3.84. The zero-order chi connectivity index (χ0) is 13.1. The number of aryl methyl sites for hydroxylation is 2. The van der Waals surface area contributed by atoms with Gasteiger partial charge < -0.3 is 5.32 Å². The lowest BCUT2D eigenvalue weighted by molar-refractivity contribution is 0.102. The van der Waals surface area contributed by atoms with Crippen molar-refractivity contribution in [3.05, 3.63) is 40.3 Å². The molecule has 0 unspecified atom stereocenters. The van der Waals surface area contributed by atoms with Crippen molar-refractivity contribution in [1.82, 2.24) is 14.8 Å². The van der Waals surface area contributed by atoms with Crippen molar-refractivity contribution in [2.75, 3.05) is 5.32 Å². The zero-order valence-corrected chi connectivity index (χ0v) is 11.7. The third-order valence-electron chi connectivity index (χ3n) is 2.39. The van der Waals surface area contributed by atoms with Crippen molar-refractivity contribution in [1.29, 1.82) is 0 Å². The molecular weight excluding hydrogens is 296 g/mol. The minimum absolute atomic E-state index is 0.260. The summed E-state index contributed by atoms with van der Waals surface area (Å²) < 4.78 is 2.47. The second kappa shape index (κ2) is 5.30. The predicted molar refractivity (Wildman–Crippen MR) is 72.5 cm³/mol. The Labute approximate surface area is 113 Å². The van der Waals surface area contributed by atoms with E-state index in [0.717, 1.165) is 16.6 Å². The molecule has 0 atom stereocenters. The number of carbonyl (C=O) groups is 1. The van der Waals surface area contributed by atoms with Gasteiger partial charge in [0, 0.05) is 29.5 Å². The van der Waals surface area contributed by atoms with Gasteiger partial charge in [-0.15, -0.1) is 0 Å². The van der Waals surface area contributed by atoms with Gasteiger partial charge in [-0.25, -0.2) is 4.98 Å². The molecule has 2 aromatic heterocycles. The van der Waals surface area contributed by atoms with E-state index in [0.29, 0.717) is 11.5 Å². The molecule has 2 aromatic rings. The Balaban J connectivity index is 2.20. The number of nitrogens with zero attached hydrogens (tertiary/aromatic N) is 3. The molecule has 1 N–H and O–H groups in total. The first-order valence-corrected chi connectivity index (χ1v) is 6.35. The molecule has 0 aromatic carbocycles. The fraction of sp³-hybridized carbons (Fsp3) is 0.250. The summed E-state index contributed by atoms with van der Waals surface area (Å²) in [7, 11) is 1.79. The summed E-state index contributed by atoms with van der Waals surface area (Å²) in [6, 6.07) is 5.32. The van der Waals surface area contributed by atoms with Gasteiger partial charge in [-0.3, -0.25) is 9.48 Å². The monoisotopic (exact) mass is 308 g/mol. The topological polar surface area (TPSA) is 59.8 Å². The van der Waals surface area contributed by atoms with Crippen LogP contribution >= 0.6 is 15.9 Å². The van der Waals surface area contributed by atoms with E-state index in [2.05, 4.69) is 31.3 Å². The number of carbonyl (C=O) groups excluding carboxylic acids is 1. The van der Waals surface area contributed by atoms with Crippen LogP contribution in [0.5, 0.6) is 0 Å². The first kappa shape index (κ1) is 12.8. The molecule has 0 aliphatic heterocycles. The van der Waals surface area contributed by atoms with Gasteiger partial charge in [-0.1, -0.05) is 22.9 Å². The van der Waals surface area contributed by atoms with Crippen LogP contribution < -0.4 is 5.32 Å². The van der Waals surface area contributed by atoms with E-state index in [4.69, 9.17) is 0 Å². The Kier molecular flexibility index (Phi) is 3.76. The smallest absolute Gasteiger partial charge is 0.275 e. The van der Waals surface area contributed by atoms with Crippen LogP contribution in [0, 0.1) is 0 Å². The van der Waals surface area contributed by atoms with Gasteiger partial charge >= 0.3 is 0 Å². The molecule has 18 heavy (non-hydrogen) atoms. The summed E-state index contributed by atoms with van der Waals surface area (Å²) in [4.78, 5) is 16.3. The van der Waals surface area contributed by atoms with E-state index in [9.17, 15) is 4.79 Å². The molecule has 0 bridgehead atoms. The van der Waals surface area contributed by atoms with E-state index < -0.39 is 0 Å². The Bertz CT molecular complexity index is 579. The maximum Gasteiger partial charge on any atom is 0.275 e. The third-order valence-corrected chi connectivity index (χ3v) is 2.85. The first-order chi connectivity index (χ1) is 8.58. The van der Waals surface area contributed by atoms with Crippen LogP contribution in [0.25, 0.3) is 0 Å². The van der Waals surface area contributed by atoms with Crippen LogP contribution in [-0.4, -0.2) is 20.7 Å². The quantitative estimate of drug-likeness (QED) is 0.947. The molecule has 2 heterocycles. The van der Waals surface area contributed by atoms with Gasteiger partial charge in [-0.05, 0) is 18.6 Å². The first-order valence-electron chi connectivity index (χ1n) is 5.56. The molecule has 1 amide bonds. The van der Waals surface area contributed by atoms with Crippen LogP contribution in [0.2, 0.25) is 0 Å². The number of nitrogens with one attached hydrogen (secondary N) is 1. The van der Waals surface area contributed by atoms with E-state index in [1.165, 1.54) is 0 Å². The number of anilines is 1. The Morgan fingerprint density at radius 2 is 2.28 bits per heavy atom. The van der Waals surface area contributed by atoms with Crippen LogP contribution in [0.1, 0.15) is 23.1 Å². The highest BCUT2D eigenvalue weighted by Gasteiger charge is 2.11. The highest BCUT2D eigenvalue weighted by Crippen LogP contribution is 2.14. The highest BCUT2D eigenvalue weighted by atomic mass is 79.9. The van der Waals surface area contributed by atoms with E-state index >= 15 is 0 Å². The van der Waals surface area contributed by atoms with Gasteiger partial charge in [0.25, 0.3) is 5.91 Å². The van der Waals surface area contributed by atoms with Crippen molar-refractivity contribution >= 4 is 27.7 Å². The average Bonchev–Trinajstić information content (AvgIpc) is 2.73. The SMILES string of the molecule is CCc1cc(Br)cc(C(=O)Nc2ccn(C)n2)n1. The van der Waals surface area contributed by atoms with Crippen LogP contribution in [0.4, 0.5) is 5.82 Å². The van der Waals surface area contributed by atoms with Crippen LogP contribution in [0.3, 0.4) is 0 Å². The van der Waals surface area contributed by atoms with Crippen molar-refractivity contribution in [2.24, 2.45) is 7.05 Å². The summed E-state index contributed by atoms with van der Waals surface area (Å²) in [5.74, 6) is 0.257. The number of amides is 1. The number of pyridine rings is 1. The van der Waals surface area contributed by atoms with Crippen molar-refractivity contribution in [3.63, 3.8) is 0 Å². The van der Waals surface area contributed by atoms with E-state index in [1.54, 1.807) is 30.1 Å². The largest absolute Gasteiger partial charge is 0.304 e. The minimum atomic E-state index is -0.260. The molecule has 0 saturated carbocycles. The Morgan fingerprint density at radius 1 is 1.50 bits per heavy atom. The van der Waals surface area contributed by atoms with E-state index in [1.807, 2.05) is 13.0 Å². The zero-order valence-electron chi connectivity index (χ0n) is 10.1. The number of halogens is 1. The predicted octanol–water partition coefficient (Wildman–Crippen LogP) is 2.39. The summed E-state index contributed by atoms with van der Waals surface area (Å²) in [5, 5.41) is 6.79. The summed E-state index contributed by atoms with van der Waals surface area (Å²) in [6.45, 7) is 2.00. The Morgan fingerprint density at radius 3 is 2.89 bits per heavy atom. The molecule has 0 aliphatic carbocycles. The van der Waals surface area contributed by atoms with Gasteiger partial charge in [0.2, 0.25) is 0 Å².